The minimum Gasteiger partial charge on any atom is -0.356 e. The monoisotopic (exact) mass is 149 g/mol. The molecule has 0 fully saturated rings. The lowest BCUT2D eigenvalue weighted by Crippen LogP contribution is -2.45. The van der Waals surface area contributed by atoms with Crippen molar-refractivity contribution in [1.82, 2.24) is 0 Å². The van der Waals surface area contributed by atoms with Crippen molar-refractivity contribution in [2.45, 2.75) is 19.8 Å². The average Bonchev–Trinajstić information content (AvgIpc) is 1.62. The van der Waals surface area contributed by atoms with Gasteiger partial charge < -0.3 is 15.3 Å². The van der Waals surface area contributed by atoms with Gasteiger partial charge in [-0.3, -0.25) is 11.1 Å². The highest BCUT2D eigenvalue weighted by atomic mass is 16.9. The molecule has 60 valence electrons. The van der Waals surface area contributed by atoms with Crippen LogP contribution in [0.2, 0.25) is 0 Å². The van der Waals surface area contributed by atoms with Gasteiger partial charge in [-0.05, 0) is 6.42 Å². The lowest BCUT2D eigenvalue weighted by Gasteiger charge is -1.79. The molecule has 0 radical (unpaired) electrons. The van der Waals surface area contributed by atoms with Gasteiger partial charge in [0, 0.05) is 6.42 Å². The van der Waals surface area contributed by atoms with E-state index in [1.54, 1.807) is 0 Å². The number of nitrogens with zero attached hydrogens (tertiary/aromatic N) is 1. The predicted octanol–water partition coefficient (Wildman–Crippen LogP) is -1.34. The van der Waals surface area contributed by atoms with Crippen molar-refractivity contribution >= 4 is 5.84 Å². The Morgan fingerprint density at radius 1 is 1.70 bits per heavy atom. The van der Waals surface area contributed by atoms with Crippen molar-refractivity contribution in [3.05, 3.63) is 15.3 Å². The lowest BCUT2D eigenvalue weighted by atomic mass is 10.3. The van der Waals surface area contributed by atoms with E-state index >= 15 is 0 Å². The Bertz CT molecular complexity index is 110. The highest BCUT2D eigenvalue weighted by Crippen LogP contribution is 1.77. The predicted molar refractivity (Wildman–Crippen MR) is 36.4 cm³/mol. The van der Waals surface area contributed by atoms with Gasteiger partial charge in [-0.25, -0.2) is 0 Å². The van der Waals surface area contributed by atoms with Crippen LogP contribution in [0.4, 0.5) is 0 Å². The molecule has 0 amide bonds. The zero-order valence-corrected chi connectivity index (χ0v) is 5.74. The van der Waals surface area contributed by atoms with Gasteiger partial charge in [-0.15, -0.1) is 0 Å². The maximum Gasteiger partial charge on any atom is 0.238 e. The fourth-order valence-electron chi connectivity index (χ4n) is 0.289. The normalized spacial score (nSPS) is 7.30. The van der Waals surface area contributed by atoms with Crippen molar-refractivity contribution < 1.29 is 10.5 Å². The van der Waals surface area contributed by atoms with E-state index in [2.05, 4.69) is 0 Å². The van der Waals surface area contributed by atoms with Crippen LogP contribution in [-0.2, 0) is 0 Å². The summed E-state index contributed by atoms with van der Waals surface area (Å²) in [4.78, 5) is 8.25. The minimum absolute atomic E-state index is 0.539. The largest absolute Gasteiger partial charge is 0.356 e. The zero-order valence-electron chi connectivity index (χ0n) is 5.74. The van der Waals surface area contributed by atoms with E-state index in [0.29, 0.717) is 5.84 Å². The van der Waals surface area contributed by atoms with E-state index < -0.39 is 5.09 Å². The molecule has 0 rings (SSSR count). The molecule has 0 unspecified atom stereocenters. The summed E-state index contributed by atoms with van der Waals surface area (Å²) >= 11 is 0. The maximum absolute atomic E-state index is 8.25. The van der Waals surface area contributed by atoms with E-state index in [1.165, 1.54) is 0 Å². The van der Waals surface area contributed by atoms with Gasteiger partial charge in [0.1, 0.15) is 0 Å². The molecule has 10 heavy (non-hydrogen) atoms. The van der Waals surface area contributed by atoms with Crippen LogP contribution in [0.5, 0.6) is 0 Å². The molecular weight excluding hydrogens is 138 g/mol. The van der Waals surface area contributed by atoms with Gasteiger partial charge in [0.2, 0.25) is 5.84 Å². The summed E-state index contributed by atoms with van der Waals surface area (Å²) in [5, 5.41) is 19.8. The standard InChI is InChI=1S/C4H10N2.NO3/c1-2-3-4(5)6;2-1(3)4/h2-3H2,1H3,(H3,5,6);/q;-1/p+1. The molecule has 0 aromatic carbocycles. The molecule has 0 spiro atoms. The molecule has 0 aliphatic rings. The van der Waals surface area contributed by atoms with E-state index in [9.17, 15) is 0 Å². The number of rotatable bonds is 2. The Morgan fingerprint density at radius 3 is 2.00 bits per heavy atom. The van der Waals surface area contributed by atoms with Crippen LogP contribution in [0.3, 0.4) is 0 Å². The molecule has 0 bridgehead atoms. The Hall–Kier alpha value is -1.33. The van der Waals surface area contributed by atoms with E-state index in [-0.39, 0.29) is 0 Å². The molecule has 6 heteroatoms. The summed E-state index contributed by atoms with van der Waals surface area (Å²) in [7, 11) is 0. The van der Waals surface area contributed by atoms with Crippen molar-refractivity contribution in [1.29, 1.82) is 0 Å². The SMILES string of the molecule is CCCC(N)=[NH2+].O=[N+]([O-])[O-]. The number of nitrogens with two attached hydrogens (primary N) is 2. The Kier molecular flexibility index (Phi) is 8.79. The molecule has 6 nitrogen and oxygen atoms in total. The first-order valence-electron chi connectivity index (χ1n) is 2.69. The Morgan fingerprint density at radius 2 is 2.00 bits per heavy atom. The number of hydrogen-bond donors (Lipinski definition) is 2. The fraction of sp³-hybridized carbons (Fsp3) is 0.750. The lowest BCUT2D eigenvalue weighted by molar-refractivity contribution is -0.402. The van der Waals surface area contributed by atoms with Crippen LogP contribution in [0.1, 0.15) is 19.8 Å². The van der Waals surface area contributed by atoms with Gasteiger partial charge in [-0.2, -0.15) is 0 Å². The molecule has 0 heterocycles. The summed E-state index contributed by atoms with van der Waals surface area (Å²) in [6.07, 6.45) is 1.89. The molecule has 0 aromatic rings. The average molecular weight is 149 g/mol. The molecule has 0 atom stereocenters. The zero-order chi connectivity index (χ0) is 8.57. The smallest absolute Gasteiger partial charge is 0.238 e. The summed E-state index contributed by atoms with van der Waals surface area (Å²) in [5.41, 5.74) is 5.10. The number of amidine groups is 1. The third-order valence-electron chi connectivity index (χ3n) is 0.539. The van der Waals surface area contributed by atoms with Crippen molar-refractivity contribution in [3.8, 4) is 0 Å². The van der Waals surface area contributed by atoms with E-state index in [1.807, 2.05) is 6.92 Å². The maximum atomic E-state index is 8.25. The van der Waals surface area contributed by atoms with Crippen molar-refractivity contribution in [2.75, 3.05) is 0 Å². The third-order valence-corrected chi connectivity index (χ3v) is 0.539. The van der Waals surface area contributed by atoms with Crippen molar-refractivity contribution in [2.24, 2.45) is 5.73 Å². The minimum atomic E-state index is -1.75. The Labute approximate surface area is 58.3 Å². The first kappa shape index (κ1) is 11.5. The van der Waals surface area contributed by atoms with Crippen LogP contribution in [0.25, 0.3) is 0 Å². The quantitative estimate of drug-likeness (QED) is 0.218. The first-order valence-corrected chi connectivity index (χ1v) is 2.69. The summed E-state index contributed by atoms with van der Waals surface area (Å²) in [6, 6.07) is 0. The van der Waals surface area contributed by atoms with Gasteiger partial charge in [0.15, 0.2) is 0 Å². The van der Waals surface area contributed by atoms with Gasteiger partial charge in [-0.1, -0.05) is 6.92 Å². The van der Waals surface area contributed by atoms with Gasteiger partial charge in [0.25, 0.3) is 0 Å². The van der Waals surface area contributed by atoms with Crippen LogP contribution >= 0.6 is 0 Å². The van der Waals surface area contributed by atoms with Crippen LogP contribution in [0.15, 0.2) is 0 Å². The fourth-order valence-corrected chi connectivity index (χ4v) is 0.289. The second-order valence-corrected chi connectivity index (χ2v) is 1.55. The second-order valence-electron chi connectivity index (χ2n) is 1.55. The molecule has 0 saturated heterocycles. The molecule has 0 aromatic heterocycles. The summed E-state index contributed by atoms with van der Waals surface area (Å²) in [6.45, 7) is 2.04. The van der Waals surface area contributed by atoms with Gasteiger partial charge in [0.05, 0.1) is 5.09 Å². The molecule has 4 N–H and O–H groups in total. The van der Waals surface area contributed by atoms with Crippen LogP contribution < -0.4 is 11.1 Å². The first-order chi connectivity index (χ1) is 4.50. The van der Waals surface area contributed by atoms with Crippen molar-refractivity contribution in [3.63, 3.8) is 0 Å². The number of hydrogen-bond acceptors (Lipinski definition) is 3. The molecule has 0 aliphatic heterocycles. The second kappa shape index (κ2) is 7.67. The van der Waals surface area contributed by atoms with Crippen LogP contribution in [-0.4, -0.2) is 10.9 Å². The third kappa shape index (κ3) is 76.9. The van der Waals surface area contributed by atoms with Crippen LogP contribution in [0, 0.1) is 15.3 Å². The summed E-state index contributed by atoms with van der Waals surface area (Å²) < 4.78 is 0. The highest BCUT2D eigenvalue weighted by molar-refractivity contribution is 5.73. The summed E-state index contributed by atoms with van der Waals surface area (Å²) in [5.74, 6) is 0.539. The molecule has 0 saturated carbocycles. The van der Waals surface area contributed by atoms with E-state index in [0.717, 1.165) is 12.8 Å². The highest BCUT2D eigenvalue weighted by Gasteiger charge is 1.86. The Balaban J connectivity index is 0. The van der Waals surface area contributed by atoms with Gasteiger partial charge >= 0.3 is 0 Å². The topological polar surface area (TPSA) is 118 Å². The van der Waals surface area contributed by atoms with E-state index in [4.69, 9.17) is 26.5 Å². The molecule has 0 aliphatic carbocycles. The molecular formula is C4H11N3O3.